The summed E-state index contributed by atoms with van der Waals surface area (Å²) < 4.78 is 31.5. The summed E-state index contributed by atoms with van der Waals surface area (Å²) in [6.45, 7) is 1.21. The van der Waals surface area contributed by atoms with Crippen LogP contribution in [0.4, 0.5) is 0 Å². The zero-order valence-corrected chi connectivity index (χ0v) is 12.3. The molecule has 0 spiro atoms. The Morgan fingerprint density at radius 1 is 1.40 bits per heavy atom. The van der Waals surface area contributed by atoms with Gasteiger partial charge in [-0.15, -0.1) is 0 Å². The number of rotatable bonds is 5. The monoisotopic (exact) mass is 297 g/mol. The van der Waals surface area contributed by atoms with Crippen molar-refractivity contribution in [3.05, 3.63) is 41.5 Å². The lowest BCUT2D eigenvalue weighted by Gasteiger charge is -2.25. The molecule has 0 fully saturated rings. The molecule has 110 valence electrons. The Morgan fingerprint density at radius 2 is 2.20 bits per heavy atom. The van der Waals surface area contributed by atoms with Gasteiger partial charge in [-0.3, -0.25) is 0 Å². The molecule has 0 unspecified atom stereocenters. The maximum Gasteiger partial charge on any atom is 0.243 e. The van der Waals surface area contributed by atoms with Gasteiger partial charge in [0.1, 0.15) is 0 Å². The normalized spacial score (nSPS) is 17.0. The van der Waals surface area contributed by atoms with Crippen LogP contribution >= 0.6 is 0 Å². The summed E-state index contributed by atoms with van der Waals surface area (Å²) in [5.74, 6) is 0. The minimum Gasteiger partial charge on any atom is -0.392 e. The highest BCUT2D eigenvalue weighted by Crippen LogP contribution is 2.21. The van der Waals surface area contributed by atoms with Crippen molar-refractivity contribution >= 4 is 10.0 Å². The highest BCUT2D eigenvalue weighted by molar-refractivity contribution is 7.89. The van der Waals surface area contributed by atoms with Gasteiger partial charge in [-0.1, -0.05) is 18.2 Å². The summed E-state index contributed by atoms with van der Waals surface area (Å²) in [5, 5.41) is 9.10. The molecule has 20 heavy (non-hydrogen) atoms. The van der Waals surface area contributed by atoms with E-state index in [2.05, 4.69) is 0 Å². The Hall–Kier alpha value is -1.21. The zero-order valence-electron chi connectivity index (χ0n) is 11.4. The number of aliphatic hydroxyl groups excluding tert-OH is 1. The molecule has 0 saturated carbocycles. The minimum absolute atomic E-state index is 0.165. The fraction of sp³-hybridized carbons (Fsp3) is 0.429. The van der Waals surface area contributed by atoms with Crippen molar-refractivity contribution in [3.63, 3.8) is 0 Å². The van der Waals surface area contributed by atoms with Crippen molar-refractivity contribution in [2.24, 2.45) is 0 Å². The SMILES string of the molecule is COCC1=CCN(S(=O)(=O)c2cccc(CO)c2)CC1. The number of sulfonamides is 1. The first kappa shape index (κ1) is 15.2. The number of ether oxygens (including phenoxy) is 1. The third-order valence-corrected chi connectivity index (χ3v) is 5.18. The average molecular weight is 297 g/mol. The van der Waals surface area contributed by atoms with Crippen molar-refractivity contribution in [1.82, 2.24) is 4.31 Å². The fourth-order valence-corrected chi connectivity index (χ4v) is 3.63. The predicted molar refractivity (Wildman–Crippen MR) is 75.7 cm³/mol. The second kappa shape index (κ2) is 6.49. The summed E-state index contributed by atoms with van der Waals surface area (Å²) in [5.41, 5.74) is 1.72. The molecular formula is C14H19NO4S. The van der Waals surface area contributed by atoms with Gasteiger partial charge in [-0.2, -0.15) is 4.31 Å². The first-order valence-electron chi connectivity index (χ1n) is 6.44. The standard InChI is InChI=1S/C14H19NO4S/c1-19-11-12-5-7-15(8-6-12)20(17,18)14-4-2-3-13(9-14)10-16/h2-5,9,16H,6-8,10-11H2,1H3. The number of hydrogen-bond acceptors (Lipinski definition) is 4. The number of nitrogens with zero attached hydrogens (tertiary/aromatic N) is 1. The van der Waals surface area contributed by atoms with Crippen LogP contribution < -0.4 is 0 Å². The first-order valence-corrected chi connectivity index (χ1v) is 7.88. The molecule has 0 atom stereocenters. The van der Waals surface area contributed by atoms with Crippen molar-refractivity contribution < 1.29 is 18.3 Å². The van der Waals surface area contributed by atoms with Crippen LogP contribution in [0.3, 0.4) is 0 Å². The van der Waals surface area contributed by atoms with Crippen LogP contribution in [0.5, 0.6) is 0 Å². The Labute approximate surface area is 119 Å². The van der Waals surface area contributed by atoms with Crippen LogP contribution in [0.2, 0.25) is 0 Å². The van der Waals surface area contributed by atoms with E-state index in [9.17, 15) is 8.42 Å². The Morgan fingerprint density at radius 3 is 2.80 bits per heavy atom. The molecule has 6 heteroatoms. The smallest absolute Gasteiger partial charge is 0.243 e. The van der Waals surface area contributed by atoms with Gasteiger partial charge in [0.05, 0.1) is 18.1 Å². The van der Waals surface area contributed by atoms with Crippen molar-refractivity contribution in [2.45, 2.75) is 17.9 Å². The van der Waals surface area contributed by atoms with Gasteiger partial charge in [-0.25, -0.2) is 8.42 Å². The second-order valence-electron chi connectivity index (χ2n) is 4.71. The van der Waals surface area contributed by atoms with Crippen LogP contribution in [0.15, 0.2) is 40.8 Å². The van der Waals surface area contributed by atoms with Crippen molar-refractivity contribution in [2.75, 3.05) is 26.8 Å². The number of methoxy groups -OCH3 is 1. The van der Waals surface area contributed by atoms with E-state index in [0.717, 1.165) is 5.57 Å². The van der Waals surface area contributed by atoms with Crippen LogP contribution in [0.1, 0.15) is 12.0 Å². The molecule has 0 saturated heterocycles. The molecule has 0 aromatic heterocycles. The Kier molecular flexibility index (Phi) is 4.93. The maximum atomic E-state index is 12.5. The quantitative estimate of drug-likeness (QED) is 0.828. The van der Waals surface area contributed by atoms with E-state index in [1.54, 1.807) is 25.3 Å². The van der Waals surface area contributed by atoms with E-state index in [1.807, 2.05) is 6.08 Å². The van der Waals surface area contributed by atoms with E-state index >= 15 is 0 Å². The first-order chi connectivity index (χ1) is 9.57. The van der Waals surface area contributed by atoms with Crippen molar-refractivity contribution in [3.8, 4) is 0 Å². The molecule has 1 aliphatic rings. The van der Waals surface area contributed by atoms with Gasteiger partial charge in [-0.05, 0) is 29.7 Å². The van der Waals surface area contributed by atoms with E-state index in [1.165, 1.54) is 10.4 Å². The van der Waals surface area contributed by atoms with Gasteiger partial charge < -0.3 is 9.84 Å². The average Bonchev–Trinajstić information content (AvgIpc) is 2.48. The third-order valence-electron chi connectivity index (χ3n) is 3.31. The van der Waals surface area contributed by atoms with Crippen LogP contribution in [0, 0.1) is 0 Å². The van der Waals surface area contributed by atoms with E-state index in [4.69, 9.17) is 9.84 Å². The summed E-state index contributed by atoms with van der Waals surface area (Å²) >= 11 is 0. The summed E-state index contributed by atoms with van der Waals surface area (Å²) in [6, 6.07) is 6.42. The second-order valence-corrected chi connectivity index (χ2v) is 6.65. The topological polar surface area (TPSA) is 66.8 Å². The van der Waals surface area contributed by atoms with Crippen LogP contribution in [-0.2, 0) is 21.4 Å². The zero-order chi connectivity index (χ0) is 14.6. The van der Waals surface area contributed by atoms with Crippen molar-refractivity contribution in [1.29, 1.82) is 0 Å². The number of benzene rings is 1. The molecule has 0 bridgehead atoms. The minimum atomic E-state index is -3.50. The van der Waals surface area contributed by atoms with Gasteiger partial charge in [0.2, 0.25) is 10.0 Å². The molecule has 1 aromatic carbocycles. The highest BCUT2D eigenvalue weighted by atomic mass is 32.2. The molecule has 1 aromatic rings. The molecule has 0 aliphatic carbocycles. The predicted octanol–water partition coefficient (Wildman–Crippen LogP) is 1.15. The molecule has 2 rings (SSSR count). The Bertz CT molecular complexity index is 595. The molecule has 0 amide bonds. The van der Waals surface area contributed by atoms with Gasteiger partial charge in [0.25, 0.3) is 0 Å². The maximum absolute atomic E-state index is 12.5. The van der Waals surface area contributed by atoms with Gasteiger partial charge >= 0.3 is 0 Å². The van der Waals surface area contributed by atoms with E-state index < -0.39 is 10.0 Å². The number of aliphatic hydroxyl groups is 1. The lowest BCUT2D eigenvalue weighted by Crippen LogP contribution is -2.35. The third kappa shape index (κ3) is 3.27. The molecule has 1 N–H and O–H groups in total. The lowest BCUT2D eigenvalue weighted by molar-refractivity contribution is 0.219. The summed E-state index contributed by atoms with van der Waals surface area (Å²) in [6.07, 6.45) is 2.59. The molecule has 1 aliphatic heterocycles. The fourth-order valence-electron chi connectivity index (χ4n) is 2.18. The highest BCUT2D eigenvalue weighted by Gasteiger charge is 2.26. The molecule has 1 heterocycles. The van der Waals surface area contributed by atoms with Gasteiger partial charge in [0, 0.05) is 20.2 Å². The Balaban J connectivity index is 2.19. The van der Waals surface area contributed by atoms with Crippen LogP contribution in [-0.4, -0.2) is 44.6 Å². The molecule has 0 radical (unpaired) electrons. The summed E-state index contributed by atoms with van der Waals surface area (Å²) in [7, 11) is -1.87. The molecular weight excluding hydrogens is 278 g/mol. The van der Waals surface area contributed by atoms with Gasteiger partial charge in [0.15, 0.2) is 0 Å². The molecule has 5 nitrogen and oxygen atoms in total. The largest absolute Gasteiger partial charge is 0.392 e. The van der Waals surface area contributed by atoms with E-state index in [-0.39, 0.29) is 11.5 Å². The number of hydrogen-bond donors (Lipinski definition) is 1. The van der Waals surface area contributed by atoms with Crippen LogP contribution in [0.25, 0.3) is 0 Å². The summed E-state index contributed by atoms with van der Waals surface area (Å²) in [4.78, 5) is 0.229. The lowest BCUT2D eigenvalue weighted by atomic mass is 10.1. The van der Waals surface area contributed by atoms with E-state index in [0.29, 0.717) is 31.7 Å².